The van der Waals surface area contributed by atoms with E-state index < -0.39 is 17.6 Å². The summed E-state index contributed by atoms with van der Waals surface area (Å²) in [7, 11) is 0. The molecular weight excluding hydrogens is 371 g/mol. The van der Waals surface area contributed by atoms with Gasteiger partial charge < -0.3 is 16.0 Å². The molecule has 150 valence electrons. The van der Waals surface area contributed by atoms with Gasteiger partial charge in [0.15, 0.2) is 0 Å². The van der Waals surface area contributed by atoms with Gasteiger partial charge in [0.25, 0.3) is 0 Å². The minimum Gasteiger partial charge on any atom is -0.399 e. The Morgan fingerprint density at radius 1 is 1.07 bits per heavy atom. The molecule has 0 aromatic heterocycles. The van der Waals surface area contributed by atoms with Crippen molar-refractivity contribution in [3.8, 4) is 0 Å². The molecule has 0 fully saturated rings. The van der Waals surface area contributed by atoms with Crippen molar-refractivity contribution in [3.05, 3.63) is 59.7 Å². The number of anilines is 2. The SMILES string of the molecule is CCN(CC(=O)Nc1ccccc1C(F)(F)F)C(=O)CCc1ccccc1N. The summed E-state index contributed by atoms with van der Waals surface area (Å²) in [6, 6.07) is 11.9. The molecule has 8 heteroatoms. The van der Waals surface area contributed by atoms with E-state index in [1.807, 2.05) is 12.1 Å². The van der Waals surface area contributed by atoms with Gasteiger partial charge in [-0.2, -0.15) is 13.2 Å². The van der Waals surface area contributed by atoms with E-state index in [4.69, 9.17) is 5.73 Å². The standard InChI is InChI=1S/C20H22F3N3O2/c1-2-26(19(28)12-11-14-7-3-5-9-16(14)24)13-18(27)25-17-10-6-4-8-15(17)20(21,22)23/h3-10H,2,11-13,24H2,1H3,(H,25,27). The Bertz CT molecular complexity index is 837. The number of amides is 2. The Morgan fingerprint density at radius 2 is 1.71 bits per heavy atom. The summed E-state index contributed by atoms with van der Waals surface area (Å²) in [6.45, 7) is 1.63. The largest absolute Gasteiger partial charge is 0.418 e. The summed E-state index contributed by atoms with van der Waals surface area (Å²) in [5.74, 6) is -0.962. The first-order valence-electron chi connectivity index (χ1n) is 8.79. The highest BCUT2D eigenvalue weighted by atomic mass is 19.4. The summed E-state index contributed by atoms with van der Waals surface area (Å²) in [4.78, 5) is 25.9. The van der Waals surface area contributed by atoms with Gasteiger partial charge in [0, 0.05) is 18.7 Å². The van der Waals surface area contributed by atoms with Crippen molar-refractivity contribution in [3.63, 3.8) is 0 Å². The maximum absolute atomic E-state index is 13.0. The number of benzene rings is 2. The van der Waals surface area contributed by atoms with E-state index in [9.17, 15) is 22.8 Å². The van der Waals surface area contributed by atoms with E-state index >= 15 is 0 Å². The number of para-hydroxylation sites is 2. The molecule has 2 rings (SSSR count). The number of nitrogens with zero attached hydrogens (tertiary/aromatic N) is 1. The van der Waals surface area contributed by atoms with Crippen LogP contribution in [0, 0.1) is 0 Å². The molecule has 2 aromatic rings. The average Bonchev–Trinajstić information content (AvgIpc) is 2.64. The van der Waals surface area contributed by atoms with Crippen LogP contribution in [0.25, 0.3) is 0 Å². The van der Waals surface area contributed by atoms with Crippen molar-refractivity contribution < 1.29 is 22.8 Å². The van der Waals surface area contributed by atoms with Crippen molar-refractivity contribution in [2.45, 2.75) is 25.9 Å². The van der Waals surface area contributed by atoms with Gasteiger partial charge in [-0.05, 0) is 37.1 Å². The molecule has 2 amide bonds. The predicted octanol–water partition coefficient (Wildman–Crippen LogP) is 3.71. The Balaban J connectivity index is 1.98. The molecule has 0 aliphatic rings. The van der Waals surface area contributed by atoms with Crippen LogP contribution in [0.2, 0.25) is 0 Å². The molecule has 5 nitrogen and oxygen atoms in total. The second-order valence-electron chi connectivity index (χ2n) is 6.20. The molecule has 0 bridgehead atoms. The van der Waals surface area contributed by atoms with Gasteiger partial charge in [-0.3, -0.25) is 9.59 Å². The number of alkyl halides is 3. The summed E-state index contributed by atoms with van der Waals surface area (Å²) >= 11 is 0. The number of aryl methyl sites for hydroxylation is 1. The monoisotopic (exact) mass is 393 g/mol. The third kappa shape index (κ3) is 5.73. The zero-order valence-electron chi connectivity index (χ0n) is 15.4. The van der Waals surface area contributed by atoms with Crippen LogP contribution in [0.1, 0.15) is 24.5 Å². The number of carbonyl (C=O) groups excluding carboxylic acids is 2. The van der Waals surface area contributed by atoms with Crippen molar-refractivity contribution in [1.29, 1.82) is 0 Å². The molecule has 0 unspecified atom stereocenters. The van der Waals surface area contributed by atoms with Crippen molar-refractivity contribution >= 4 is 23.2 Å². The van der Waals surface area contributed by atoms with E-state index in [2.05, 4.69) is 5.32 Å². The molecule has 0 spiro atoms. The molecule has 2 aromatic carbocycles. The summed E-state index contributed by atoms with van der Waals surface area (Å²) in [6.07, 6.45) is -4.02. The lowest BCUT2D eigenvalue weighted by atomic mass is 10.1. The number of hydrogen-bond acceptors (Lipinski definition) is 3. The molecule has 0 saturated carbocycles. The van der Waals surface area contributed by atoms with Crippen LogP contribution in [-0.4, -0.2) is 29.8 Å². The first-order chi connectivity index (χ1) is 13.2. The highest BCUT2D eigenvalue weighted by Gasteiger charge is 2.33. The van der Waals surface area contributed by atoms with Crippen LogP contribution in [0.3, 0.4) is 0 Å². The fourth-order valence-electron chi connectivity index (χ4n) is 2.74. The van der Waals surface area contributed by atoms with E-state index in [0.717, 1.165) is 11.6 Å². The quantitative estimate of drug-likeness (QED) is 0.704. The zero-order chi connectivity index (χ0) is 20.7. The molecule has 0 heterocycles. The summed E-state index contributed by atoms with van der Waals surface area (Å²) in [5, 5.41) is 2.25. The third-order valence-electron chi connectivity index (χ3n) is 4.24. The van der Waals surface area contributed by atoms with Crippen LogP contribution in [0.4, 0.5) is 24.5 Å². The summed E-state index contributed by atoms with van der Waals surface area (Å²) < 4.78 is 39.1. The van der Waals surface area contributed by atoms with Crippen molar-refractivity contribution in [2.24, 2.45) is 0 Å². The minimum absolute atomic E-state index is 0.147. The lowest BCUT2D eigenvalue weighted by Gasteiger charge is -2.21. The number of carbonyl (C=O) groups is 2. The Hall–Kier alpha value is -3.03. The number of nitrogens with two attached hydrogens (primary N) is 1. The van der Waals surface area contributed by atoms with Crippen LogP contribution in [0.5, 0.6) is 0 Å². The van der Waals surface area contributed by atoms with Crippen LogP contribution >= 0.6 is 0 Å². The Morgan fingerprint density at radius 3 is 2.36 bits per heavy atom. The lowest BCUT2D eigenvalue weighted by Crippen LogP contribution is -2.38. The van der Waals surface area contributed by atoms with Gasteiger partial charge in [-0.25, -0.2) is 0 Å². The number of likely N-dealkylation sites (N-methyl/N-ethyl adjacent to an activating group) is 1. The molecule has 0 saturated heterocycles. The topological polar surface area (TPSA) is 75.4 Å². The lowest BCUT2D eigenvalue weighted by molar-refractivity contribution is -0.137. The molecule has 0 radical (unpaired) electrons. The fourth-order valence-corrected chi connectivity index (χ4v) is 2.74. The molecule has 0 atom stereocenters. The molecular formula is C20H22F3N3O2. The Labute approximate surface area is 161 Å². The van der Waals surface area contributed by atoms with Gasteiger partial charge >= 0.3 is 6.18 Å². The van der Waals surface area contributed by atoms with E-state index in [0.29, 0.717) is 12.1 Å². The maximum Gasteiger partial charge on any atom is 0.418 e. The number of nitrogens with one attached hydrogen (secondary N) is 1. The number of hydrogen-bond donors (Lipinski definition) is 2. The molecule has 28 heavy (non-hydrogen) atoms. The highest BCUT2D eigenvalue weighted by molar-refractivity contribution is 5.95. The third-order valence-corrected chi connectivity index (χ3v) is 4.24. The van der Waals surface area contributed by atoms with Crippen molar-refractivity contribution in [2.75, 3.05) is 24.1 Å². The van der Waals surface area contributed by atoms with Crippen LogP contribution in [0.15, 0.2) is 48.5 Å². The van der Waals surface area contributed by atoms with Gasteiger partial charge in [0.1, 0.15) is 0 Å². The number of rotatable bonds is 7. The van der Waals surface area contributed by atoms with Crippen molar-refractivity contribution in [1.82, 2.24) is 4.90 Å². The molecule has 0 aliphatic carbocycles. The van der Waals surface area contributed by atoms with Gasteiger partial charge in [-0.1, -0.05) is 30.3 Å². The van der Waals surface area contributed by atoms with Gasteiger partial charge in [0.05, 0.1) is 17.8 Å². The van der Waals surface area contributed by atoms with Crippen LogP contribution in [-0.2, 0) is 22.2 Å². The molecule has 3 N–H and O–H groups in total. The number of halogens is 3. The van der Waals surface area contributed by atoms with Crippen LogP contribution < -0.4 is 11.1 Å². The van der Waals surface area contributed by atoms with E-state index in [-0.39, 0.29) is 31.1 Å². The summed E-state index contributed by atoms with van der Waals surface area (Å²) in [5.41, 5.74) is 6.00. The molecule has 0 aliphatic heterocycles. The van der Waals surface area contributed by atoms with E-state index in [1.165, 1.54) is 23.1 Å². The normalized spacial score (nSPS) is 11.1. The first-order valence-corrected chi connectivity index (χ1v) is 8.79. The average molecular weight is 393 g/mol. The van der Waals surface area contributed by atoms with Gasteiger partial charge in [0.2, 0.25) is 11.8 Å². The number of nitrogen functional groups attached to an aromatic ring is 1. The van der Waals surface area contributed by atoms with E-state index in [1.54, 1.807) is 19.1 Å². The highest BCUT2D eigenvalue weighted by Crippen LogP contribution is 2.34. The van der Waals surface area contributed by atoms with Gasteiger partial charge in [-0.15, -0.1) is 0 Å². The second kappa shape index (κ2) is 9.25. The first kappa shape index (κ1) is 21.3. The second-order valence-corrected chi connectivity index (χ2v) is 6.20. The maximum atomic E-state index is 13.0. The zero-order valence-corrected chi connectivity index (χ0v) is 15.4. The fraction of sp³-hybridized carbons (Fsp3) is 0.300. The minimum atomic E-state index is -4.58. The predicted molar refractivity (Wildman–Crippen MR) is 102 cm³/mol. The smallest absolute Gasteiger partial charge is 0.399 e. The Kier molecular flexibility index (Phi) is 7.03.